The molecule has 2 amide bonds. The molecular weight excluding hydrogens is 330 g/mol. The van der Waals surface area contributed by atoms with Gasteiger partial charge in [-0.05, 0) is 25.3 Å². The number of amides is 2. The fraction of sp³-hybridized carbons (Fsp3) is 0.611. The van der Waals surface area contributed by atoms with Gasteiger partial charge in [0, 0.05) is 64.3 Å². The van der Waals surface area contributed by atoms with E-state index < -0.39 is 0 Å². The van der Waals surface area contributed by atoms with Crippen LogP contribution in [0.15, 0.2) is 24.7 Å². The highest BCUT2D eigenvalue weighted by molar-refractivity contribution is 5.74. The Labute approximate surface area is 153 Å². The Balaban J connectivity index is 1.34. The molecule has 1 unspecified atom stereocenters. The van der Waals surface area contributed by atoms with Crippen LogP contribution in [-0.4, -0.2) is 61.6 Å². The number of rotatable bonds is 5. The van der Waals surface area contributed by atoms with Crippen LogP contribution in [0.2, 0.25) is 0 Å². The molecule has 0 spiro atoms. The zero-order chi connectivity index (χ0) is 17.9. The molecule has 140 valence electrons. The first-order valence-electron chi connectivity index (χ1n) is 9.44. The van der Waals surface area contributed by atoms with Gasteiger partial charge in [-0.2, -0.15) is 10.2 Å². The smallest absolute Gasteiger partial charge is 0.317 e. The lowest BCUT2D eigenvalue weighted by Gasteiger charge is -2.33. The number of nitrogens with one attached hydrogen (secondary N) is 1. The zero-order valence-electron chi connectivity index (χ0n) is 15.3. The summed E-state index contributed by atoms with van der Waals surface area (Å²) in [5.74, 6) is 0. The number of urea groups is 1. The first kappa shape index (κ1) is 17.1. The zero-order valence-corrected chi connectivity index (χ0v) is 15.3. The Bertz CT molecular complexity index is 746. The van der Waals surface area contributed by atoms with E-state index in [1.54, 1.807) is 0 Å². The minimum Gasteiger partial charge on any atom is -0.338 e. The molecule has 2 aromatic heterocycles. The van der Waals surface area contributed by atoms with Crippen LogP contribution in [0.25, 0.3) is 0 Å². The number of hydrogen-bond donors (Lipinski definition) is 1. The fourth-order valence-electron chi connectivity index (χ4n) is 3.99. The van der Waals surface area contributed by atoms with Gasteiger partial charge in [0.2, 0.25) is 0 Å². The molecular formula is C18H27N7O. The predicted octanol–water partition coefficient (Wildman–Crippen LogP) is 1.37. The van der Waals surface area contributed by atoms with Crippen molar-refractivity contribution in [3.63, 3.8) is 0 Å². The van der Waals surface area contributed by atoms with Crippen molar-refractivity contribution in [3.8, 4) is 0 Å². The van der Waals surface area contributed by atoms with Crippen LogP contribution in [0.4, 0.5) is 4.79 Å². The van der Waals surface area contributed by atoms with E-state index >= 15 is 0 Å². The van der Waals surface area contributed by atoms with Gasteiger partial charge in [0.25, 0.3) is 0 Å². The Hall–Kier alpha value is -2.35. The van der Waals surface area contributed by atoms with E-state index in [4.69, 9.17) is 0 Å². The van der Waals surface area contributed by atoms with Crippen molar-refractivity contribution in [1.29, 1.82) is 0 Å². The minimum atomic E-state index is 0.0752. The highest BCUT2D eigenvalue weighted by Gasteiger charge is 2.26. The van der Waals surface area contributed by atoms with Gasteiger partial charge in [0.1, 0.15) is 0 Å². The van der Waals surface area contributed by atoms with E-state index in [2.05, 4.69) is 37.4 Å². The van der Waals surface area contributed by atoms with E-state index in [0.717, 1.165) is 52.0 Å². The number of carbonyl (C=O) groups excluding carboxylic acids is 1. The molecule has 0 aliphatic carbocycles. The van der Waals surface area contributed by atoms with E-state index in [-0.39, 0.29) is 12.1 Å². The number of nitrogens with zero attached hydrogens (tertiary/aromatic N) is 6. The number of aromatic nitrogens is 4. The summed E-state index contributed by atoms with van der Waals surface area (Å²) in [5, 5.41) is 11.8. The number of carbonyl (C=O) groups is 1. The summed E-state index contributed by atoms with van der Waals surface area (Å²) < 4.78 is 3.97. The number of aryl methyl sites for hydroxylation is 1. The summed E-state index contributed by atoms with van der Waals surface area (Å²) >= 11 is 0. The predicted molar refractivity (Wildman–Crippen MR) is 97.4 cm³/mol. The van der Waals surface area contributed by atoms with Gasteiger partial charge < -0.3 is 10.2 Å². The molecule has 1 saturated heterocycles. The van der Waals surface area contributed by atoms with Crippen LogP contribution in [0.1, 0.15) is 36.6 Å². The first-order chi connectivity index (χ1) is 12.7. The third-order valence-corrected chi connectivity index (χ3v) is 5.26. The molecule has 0 bridgehead atoms. The largest absolute Gasteiger partial charge is 0.338 e. The van der Waals surface area contributed by atoms with Crippen molar-refractivity contribution in [3.05, 3.63) is 35.9 Å². The van der Waals surface area contributed by atoms with Crippen LogP contribution in [0, 0.1) is 0 Å². The van der Waals surface area contributed by atoms with E-state index in [0.29, 0.717) is 6.54 Å². The summed E-state index contributed by atoms with van der Waals surface area (Å²) in [6, 6.07) is 2.45. The maximum Gasteiger partial charge on any atom is 0.317 e. The minimum absolute atomic E-state index is 0.0752. The summed E-state index contributed by atoms with van der Waals surface area (Å²) in [7, 11) is 1.95. The molecule has 0 radical (unpaired) electrons. The van der Waals surface area contributed by atoms with Crippen LogP contribution in [0.5, 0.6) is 0 Å². The molecule has 1 atom stereocenters. The van der Waals surface area contributed by atoms with E-state index in [1.807, 2.05) is 29.0 Å². The second-order valence-corrected chi connectivity index (χ2v) is 7.33. The van der Waals surface area contributed by atoms with Gasteiger partial charge in [-0.3, -0.25) is 14.3 Å². The van der Waals surface area contributed by atoms with E-state index in [1.165, 1.54) is 11.3 Å². The number of hydrogen-bond acceptors (Lipinski definition) is 4. The van der Waals surface area contributed by atoms with Crippen LogP contribution >= 0.6 is 0 Å². The van der Waals surface area contributed by atoms with Gasteiger partial charge >= 0.3 is 6.03 Å². The first-order valence-corrected chi connectivity index (χ1v) is 9.44. The maximum atomic E-state index is 12.2. The maximum absolute atomic E-state index is 12.2. The van der Waals surface area contributed by atoms with Gasteiger partial charge in [0.05, 0.1) is 17.9 Å². The van der Waals surface area contributed by atoms with Crippen molar-refractivity contribution >= 4 is 6.03 Å². The standard InChI is InChI=1S/C18H27N7O/c1-22-11-15(10-21-22)12-23-13-16(25-17(14-23)5-7-20-25)4-6-19-18(26)24-8-2-3-9-24/h5,7,10-11,16H,2-4,6,8-9,12-14H2,1H3,(H,19,26). The Morgan fingerprint density at radius 2 is 2.15 bits per heavy atom. The number of fused-ring (bicyclic) bond motifs is 1. The topological polar surface area (TPSA) is 71.2 Å². The molecule has 1 fully saturated rings. The van der Waals surface area contributed by atoms with Gasteiger partial charge in [0.15, 0.2) is 0 Å². The monoisotopic (exact) mass is 357 g/mol. The average molecular weight is 357 g/mol. The molecule has 8 nitrogen and oxygen atoms in total. The molecule has 0 saturated carbocycles. The third kappa shape index (κ3) is 3.75. The van der Waals surface area contributed by atoms with Crippen molar-refractivity contribution in [2.24, 2.45) is 7.05 Å². The molecule has 26 heavy (non-hydrogen) atoms. The van der Waals surface area contributed by atoms with Crippen LogP contribution in [-0.2, 0) is 20.1 Å². The normalized spacial score (nSPS) is 20.3. The lowest BCUT2D eigenvalue weighted by molar-refractivity contribution is 0.160. The van der Waals surface area contributed by atoms with Crippen LogP contribution in [0.3, 0.4) is 0 Å². The fourth-order valence-corrected chi connectivity index (χ4v) is 3.99. The molecule has 4 rings (SSSR count). The second-order valence-electron chi connectivity index (χ2n) is 7.33. The highest BCUT2D eigenvalue weighted by Crippen LogP contribution is 2.24. The van der Waals surface area contributed by atoms with E-state index in [9.17, 15) is 4.79 Å². The lowest BCUT2D eigenvalue weighted by atomic mass is 10.1. The summed E-state index contributed by atoms with van der Waals surface area (Å²) in [4.78, 5) is 16.5. The third-order valence-electron chi connectivity index (χ3n) is 5.26. The van der Waals surface area contributed by atoms with Gasteiger partial charge in [-0.25, -0.2) is 4.79 Å². The Morgan fingerprint density at radius 1 is 1.31 bits per heavy atom. The second kappa shape index (κ2) is 7.49. The van der Waals surface area contributed by atoms with Crippen molar-refractivity contribution in [1.82, 2.24) is 34.7 Å². The molecule has 4 heterocycles. The summed E-state index contributed by atoms with van der Waals surface area (Å²) in [5.41, 5.74) is 2.46. The van der Waals surface area contributed by atoms with Crippen molar-refractivity contribution in [2.75, 3.05) is 26.2 Å². The van der Waals surface area contributed by atoms with Gasteiger partial charge in [-0.1, -0.05) is 0 Å². The average Bonchev–Trinajstić information content (AvgIpc) is 3.36. The SMILES string of the molecule is Cn1cc(CN2Cc3ccnn3C(CCNC(=O)N3CCCC3)C2)cn1. The molecule has 2 aliphatic heterocycles. The molecule has 2 aliphatic rings. The quantitative estimate of drug-likeness (QED) is 0.877. The molecule has 0 aromatic carbocycles. The lowest BCUT2D eigenvalue weighted by Crippen LogP contribution is -2.41. The van der Waals surface area contributed by atoms with Crippen molar-refractivity contribution in [2.45, 2.75) is 38.4 Å². The number of likely N-dealkylation sites (tertiary alicyclic amines) is 1. The molecule has 2 aromatic rings. The Morgan fingerprint density at radius 3 is 2.92 bits per heavy atom. The molecule has 1 N–H and O–H groups in total. The van der Waals surface area contributed by atoms with Crippen molar-refractivity contribution < 1.29 is 4.79 Å². The van der Waals surface area contributed by atoms with Gasteiger partial charge in [-0.15, -0.1) is 0 Å². The highest BCUT2D eigenvalue weighted by atomic mass is 16.2. The van der Waals surface area contributed by atoms with Crippen LogP contribution < -0.4 is 5.32 Å². The molecule has 8 heteroatoms. The summed E-state index contributed by atoms with van der Waals surface area (Å²) in [6.07, 6.45) is 9.00. The summed E-state index contributed by atoms with van der Waals surface area (Å²) in [6.45, 7) is 5.17. The Kier molecular flexibility index (Phi) is 4.92.